The Morgan fingerprint density at radius 3 is 2.50 bits per heavy atom. The van der Waals surface area contributed by atoms with E-state index in [4.69, 9.17) is 5.73 Å². The number of allylic oxidation sites excluding steroid dienone is 1. The fourth-order valence-electron chi connectivity index (χ4n) is 1.58. The van der Waals surface area contributed by atoms with Crippen molar-refractivity contribution in [3.8, 4) is 0 Å². The van der Waals surface area contributed by atoms with Gasteiger partial charge in [-0.15, -0.1) is 0 Å². The molecule has 0 aromatic rings. The van der Waals surface area contributed by atoms with Gasteiger partial charge in [-0.05, 0) is 31.8 Å². The summed E-state index contributed by atoms with van der Waals surface area (Å²) in [4.78, 5) is 4.50. The Bertz CT molecular complexity index is 303. The predicted molar refractivity (Wildman–Crippen MR) is 77.3 cm³/mol. The van der Waals surface area contributed by atoms with Crippen LogP contribution in [0.3, 0.4) is 0 Å². The molecule has 0 aromatic carbocycles. The lowest BCUT2D eigenvalue weighted by atomic mass is 10.00. The minimum absolute atomic E-state index is 0.522. The Labute approximate surface area is 111 Å². The largest absolute Gasteiger partial charge is 0.308 e. The summed E-state index contributed by atoms with van der Waals surface area (Å²) >= 11 is 0. The van der Waals surface area contributed by atoms with Crippen LogP contribution >= 0.6 is 0 Å². The third kappa shape index (κ3) is 6.26. The van der Waals surface area contributed by atoms with Gasteiger partial charge in [0.15, 0.2) is 0 Å². The summed E-state index contributed by atoms with van der Waals surface area (Å²) in [5.74, 6) is 4.25. The van der Waals surface area contributed by atoms with Gasteiger partial charge in [-0.25, -0.2) is 0 Å². The van der Waals surface area contributed by atoms with Crippen LogP contribution in [0.2, 0.25) is 0 Å². The summed E-state index contributed by atoms with van der Waals surface area (Å²) in [6.45, 7) is 10.4. The number of hydrogen-bond acceptors (Lipinski definition) is 4. The molecule has 1 unspecified atom stereocenters. The van der Waals surface area contributed by atoms with Gasteiger partial charge in [0.05, 0.1) is 12.8 Å². The minimum atomic E-state index is -0.679. The third-order valence-electron chi connectivity index (χ3n) is 2.88. The molecule has 5 nitrogen and oxygen atoms in total. The van der Waals surface area contributed by atoms with Crippen LogP contribution in [0, 0.1) is 5.92 Å². The predicted octanol–water partition coefficient (Wildman–Crippen LogP) is 1.06. The Morgan fingerprint density at radius 2 is 2.11 bits per heavy atom. The van der Waals surface area contributed by atoms with Gasteiger partial charge in [0.25, 0.3) is 0 Å². The van der Waals surface area contributed by atoms with E-state index < -0.39 is 5.66 Å². The normalized spacial score (nSPS) is 17.4. The highest BCUT2D eigenvalue weighted by atomic mass is 15.7. The summed E-state index contributed by atoms with van der Waals surface area (Å²) in [5, 5.41) is 1.60. The van der Waals surface area contributed by atoms with Crippen LogP contribution in [0.5, 0.6) is 0 Å². The number of nitrogens with one attached hydrogen (secondary N) is 1. The molecule has 0 bridgehead atoms. The maximum atomic E-state index is 6.14. The second kappa shape index (κ2) is 7.63. The molecule has 0 fully saturated rings. The van der Waals surface area contributed by atoms with Crippen molar-refractivity contribution in [3.63, 3.8) is 0 Å². The number of quaternary nitrogens is 1. The van der Waals surface area contributed by atoms with Gasteiger partial charge in [0.2, 0.25) is 0 Å². The molecular formula is C13H30N5+. The van der Waals surface area contributed by atoms with Crippen molar-refractivity contribution in [1.29, 1.82) is 0 Å². The molecule has 0 spiro atoms. The van der Waals surface area contributed by atoms with Gasteiger partial charge in [-0.2, -0.15) is 5.43 Å². The van der Waals surface area contributed by atoms with Crippen LogP contribution in [0.1, 0.15) is 47.5 Å². The molecule has 18 heavy (non-hydrogen) atoms. The number of hydrogen-bond donors (Lipinski definition) is 3. The molecule has 0 aliphatic carbocycles. The molecule has 0 rings (SSSR count). The number of hydrazine groups is 1. The lowest BCUT2D eigenvalue weighted by Gasteiger charge is -2.27. The average Bonchev–Trinajstić information content (AvgIpc) is 2.21. The van der Waals surface area contributed by atoms with Crippen molar-refractivity contribution in [2.45, 2.75) is 53.1 Å². The van der Waals surface area contributed by atoms with Crippen molar-refractivity contribution in [3.05, 3.63) is 11.8 Å². The van der Waals surface area contributed by atoms with Crippen LogP contribution in [0.25, 0.3) is 0 Å². The topological polar surface area (TPSA) is 81.3 Å². The Balaban J connectivity index is 4.89. The van der Waals surface area contributed by atoms with E-state index in [-0.39, 0.29) is 0 Å². The van der Waals surface area contributed by atoms with Crippen LogP contribution in [0.15, 0.2) is 16.8 Å². The van der Waals surface area contributed by atoms with Crippen LogP contribution < -0.4 is 17.0 Å². The number of aliphatic imine (C=N–C) groups is 1. The maximum Gasteiger partial charge on any atom is 0.120 e. The number of nitrogens with zero attached hydrogens (tertiary/aromatic N) is 2. The first kappa shape index (κ1) is 17.2. The fourth-order valence-corrected chi connectivity index (χ4v) is 1.58. The summed E-state index contributed by atoms with van der Waals surface area (Å²) in [6.07, 6.45) is 4.18. The van der Waals surface area contributed by atoms with Crippen molar-refractivity contribution in [1.82, 2.24) is 10.5 Å². The summed E-state index contributed by atoms with van der Waals surface area (Å²) < 4.78 is 0. The smallest absolute Gasteiger partial charge is 0.120 e. The lowest BCUT2D eigenvalue weighted by Crippen LogP contribution is -2.77. The number of rotatable bonds is 7. The van der Waals surface area contributed by atoms with Crippen molar-refractivity contribution < 1.29 is 5.84 Å². The van der Waals surface area contributed by atoms with E-state index in [1.807, 2.05) is 27.1 Å². The zero-order valence-corrected chi connectivity index (χ0v) is 12.7. The molecule has 106 valence electrons. The first-order valence-electron chi connectivity index (χ1n) is 6.55. The van der Waals surface area contributed by atoms with E-state index in [1.54, 1.807) is 5.12 Å². The van der Waals surface area contributed by atoms with Gasteiger partial charge in [0, 0.05) is 6.20 Å². The maximum absolute atomic E-state index is 6.14. The molecule has 0 saturated heterocycles. The van der Waals surface area contributed by atoms with E-state index in [0.29, 0.717) is 5.92 Å². The van der Waals surface area contributed by atoms with Crippen molar-refractivity contribution in [2.24, 2.45) is 16.6 Å². The second-order valence-corrected chi connectivity index (χ2v) is 5.34. The van der Waals surface area contributed by atoms with Gasteiger partial charge >= 0.3 is 0 Å². The highest BCUT2D eigenvalue weighted by Gasteiger charge is 2.23. The van der Waals surface area contributed by atoms with Crippen molar-refractivity contribution >= 4 is 5.71 Å². The Hall–Kier alpha value is -0.750. The van der Waals surface area contributed by atoms with Crippen LogP contribution in [0.4, 0.5) is 0 Å². The van der Waals surface area contributed by atoms with E-state index in [2.05, 4.69) is 37.0 Å². The highest BCUT2D eigenvalue weighted by Crippen LogP contribution is 2.16. The molecule has 0 aliphatic rings. The first-order valence-corrected chi connectivity index (χ1v) is 6.55. The molecule has 0 saturated carbocycles. The zero-order valence-electron chi connectivity index (χ0n) is 12.7. The lowest BCUT2D eigenvalue weighted by molar-refractivity contribution is -0.587. The number of nitrogens with two attached hydrogens (primary N) is 1. The van der Waals surface area contributed by atoms with Crippen molar-refractivity contribution in [2.75, 3.05) is 7.05 Å². The molecule has 0 heterocycles. The van der Waals surface area contributed by atoms with Crippen LogP contribution in [-0.4, -0.2) is 23.5 Å². The molecule has 6 N–H and O–H groups in total. The van der Waals surface area contributed by atoms with Crippen LogP contribution in [-0.2, 0) is 0 Å². The Kier molecular flexibility index (Phi) is 7.32. The molecule has 0 aromatic heterocycles. The monoisotopic (exact) mass is 256 g/mol. The van der Waals surface area contributed by atoms with Gasteiger partial charge < -0.3 is 5.73 Å². The third-order valence-corrected chi connectivity index (χ3v) is 2.88. The van der Waals surface area contributed by atoms with E-state index in [0.717, 1.165) is 18.6 Å². The van der Waals surface area contributed by atoms with Gasteiger partial charge in [0.1, 0.15) is 5.66 Å². The average molecular weight is 256 g/mol. The quantitative estimate of drug-likeness (QED) is 0.362. The summed E-state index contributed by atoms with van der Waals surface area (Å²) in [6, 6.07) is 0. The second-order valence-electron chi connectivity index (χ2n) is 5.34. The summed E-state index contributed by atoms with van der Waals surface area (Å²) in [5.41, 5.74) is 10.7. The molecule has 0 amide bonds. The molecule has 0 aliphatic heterocycles. The Morgan fingerprint density at radius 1 is 1.56 bits per heavy atom. The first-order chi connectivity index (χ1) is 8.20. The molecule has 5 heteroatoms. The summed E-state index contributed by atoms with van der Waals surface area (Å²) in [7, 11) is 1.81. The van der Waals surface area contributed by atoms with E-state index in [1.165, 1.54) is 5.57 Å². The standard InChI is InChI=1S/C13H29N5/c1-7-8-12(10(2)3)9-16-11(4)13(5,14)17-18(6)15/h9-10,17H,7-8,14-15H2,1-6H3/p+1. The van der Waals surface area contributed by atoms with E-state index >= 15 is 0 Å². The molecule has 1 atom stereocenters. The van der Waals surface area contributed by atoms with Gasteiger partial charge in [-0.1, -0.05) is 32.3 Å². The SMILES string of the molecule is CCCC(=CN=C(C)C(C)(N)NN(C)[NH3+])C(C)C. The molecular weight excluding hydrogens is 226 g/mol. The van der Waals surface area contributed by atoms with E-state index in [9.17, 15) is 0 Å². The molecule has 0 radical (unpaired) electrons. The fraction of sp³-hybridized carbons (Fsp3) is 0.769. The minimum Gasteiger partial charge on any atom is -0.308 e. The zero-order chi connectivity index (χ0) is 14.3. The highest BCUT2D eigenvalue weighted by molar-refractivity contribution is 5.90. The van der Waals surface area contributed by atoms with Gasteiger partial charge in [-0.3, -0.25) is 10.8 Å².